The van der Waals surface area contributed by atoms with Crippen LogP contribution in [0.2, 0.25) is 0 Å². The van der Waals surface area contributed by atoms with Crippen molar-refractivity contribution in [3.8, 4) is 0 Å². The van der Waals surface area contributed by atoms with Gasteiger partial charge in [-0.2, -0.15) is 0 Å². The number of aliphatic imine (C=N–C) groups is 1. The van der Waals surface area contributed by atoms with Crippen molar-refractivity contribution in [2.24, 2.45) is 10.9 Å². The van der Waals surface area contributed by atoms with E-state index < -0.39 is 10.0 Å². The minimum absolute atomic E-state index is 0. The minimum Gasteiger partial charge on any atom is -0.357 e. The van der Waals surface area contributed by atoms with Crippen LogP contribution in [0.3, 0.4) is 0 Å². The Morgan fingerprint density at radius 3 is 2.50 bits per heavy atom. The van der Waals surface area contributed by atoms with Gasteiger partial charge in [0.1, 0.15) is 0 Å². The standard InChI is InChI=1S/C18H30N4O2S.HI/c1-4-20-18(22-11-5-6-15(2)13-22)21-12-16-7-9-17(10-8-16)14-25(23,24)19-3;/h7-10,15,19H,4-6,11-14H2,1-3H3,(H,20,21);1H. The monoisotopic (exact) mass is 494 g/mol. The van der Waals surface area contributed by atoms with Crippen LogP contribution in [0.4, 0.5) is 0 Å². The Morgan fingerprint density at radius 2 is 1.92 bits per heavy atom. The lowest BCUT2D eigenvalue weighted by molar-refractivity contribution is 0.266. The number of rotatable bonds is 6. The molecule has 6 nitrogen and oxygen atoms in total. The van der Waals surface area contributed by atoms with Gasteiger partial charge < -0.3 is 10.2 Å². The van der Waals surface area contributed by atoms with Crippen LogP contribution in [-0.2, 0) is 22.3 Å². The van der Waals surface area contributed by atoms with Gasteiger partial charge in [-0.1, -0.05) is 31.2 Å². The quantitative estimate of drug-likeness (QED) is 0.362. The summed E-state index contributed by atoms with van der Waals surface area (Å²) in [6.07, 6.45) is 2.49. The smallest absolute Gasteiger partial charge is 0.215 e. The molecule has 1 heterocycles. The first-order valence-corrected chi connectivity index (χ1v) is 10.6. The van der Waals surface area contributed by atoms with E-state index in [1.165, 1.54) is 19.9 Å². The summed E-state index contributed by atoms with van der Waals surface area (Å²) in [6.45, 7) is 7.91. The van der Waals surface area contributed by atoms with E-state index in [2.05, 4.69) is 28.8 Å². The summed E-state index contributed by atoms with van der Waals surface area (Å²) in [5.74, 6) is 1.67. The molecule has 0 aromatic heterocycles. The Labute approximate surface area is 174 Å². The van der Waals surface area contributed by atoms with Crippen molar-refractivity contribution >= 4 is 40.0 Å². The molecule has 0 aliphatic carbocycles. The number of hydrogen-bond acceptors (Lipinski definition) is 3. The van der Waals surface area contributed by atoms with Gasteiger partial charge in [-0.05, 0) is 43.9 Å². The molecule has 1 aromatic carbocycles. The van der Waals surface area contributed by atoms with Crippen molar-refractivity contribution in [3.63, 3.8) is 0 Å². The van der Waals surface area contributed by atoms with Crippen LogP contribution in [0.25, 0.3) is 0 Å². The van der Waals surface area contributed by atoms with E-state index in [0.29, 0.717) is 12.5 Å². The topological polar surface area (TPSA) is 73.8 Å². The molecule has 0 amide bonds. The summed E-state index contributed by atoms with van der Waals surface area (Å²) in [5.41, 5.74) is 1.85. The molecule has 2 N–H and O–H groups in total. The third-order valence-electron chi connectivity index (χ3n) is 4.39. The molecular weight excluding hydrogens is 463 g/mol. The van der Waals surface area contributed by atoms with Crippen LogP contribution in [0.5, 0.6) is 0 Å². The number of nitrogens with one attached hydrogen (secondary N) is 2. The zero-order valence-corrected chi connectivity index (χ0v) is 19.0. The van der Waals surface area contributed by atoms with Crippen LogP contribution < -0.4 is 10.0 Å². The molecule has 148 valence electrons. The maximum Gasteiger partial charge on any atom is 0.215 e. The van der Waals surface area contributed by atoms with Crippen LogP contribution in [0.1, 0.15) is 37.8 Å². The van der Waals surface area contributed by atoms with E-state index in [1.54, 1.807) is 0 Å². The van der Waals surface area contributed by atoms with Crippen LogP contribution in [0, 0.1) is 5.92 Å². The highest BCUT2D eigenvalue weighted by atomic mass is 127. The van der Waals surface area contributed by atoms with E-state index in [4.69, 9.17) is 4.99 Å². The number of hydrogen-bond donors (Lipinski definition) is 2. The van der Waals surface area contributed by atoms with Crippen molar-refractivity contribution in [1.82, 2.24) is 14.9 Å². The third-order valence-corrected chi connectivity index (χ3v) is 5.73. The zero-order chi connectivity index (χ0) is 18.3. The molecule has 26 heavy (non-hydrogen) atoms. The number of likely N-dealkylation sites (tertiary alicyclic amines) is 1. The van der Waals surface area contributed by atoms with Crippen LogP contribution in [-0.4, -0.2) is 46.0 Å². The summed E-state index contributed by atoms with van der Waals surface area (Å²) in [7, 11) is -1.80. The zero-order valence-electron chi connectivity index (χ0n) is 15.9. The van der Waals surface area contributed by atoms with Gasteiger partial charge in [0.2, 0.25) is 10.0 Å². The molecule has 1 unspecified atom stereocenters. The first-order valence-electron chi connectivity index (χ1n) is 8.96. The normalized spacial score (nSPS) is 18.3. The lowest BCUT2D eigenvalue weighted by Gasteiger charge is -2.33. The fourth-order valence-electron chi connectivity index (χ4n) is 3.01. The molecule has 1 fully saturated rings. The fraction of sp³-hybridized carbons (Fsp3) is 0.611. The van der Waals surface area contributed by atoms with E-state index in [1.807, 2.05) is 24.3 Å². The highest BCUT2D eigenvalue weighted by Gasteiger charge is 2.19. The molecule has 1 aliphatic heterocycles. The lowest BCUT2D eigenvalue weighted by atomic mass is 10.0. The number of benzene rings is 1. The average Bonchev–Trinajstić information content (AvgIpc) is 2.59. The number of guanidine groups is 1. The predicted octanol–water partition coefficient (Wildman–Crippen LogP) is 2.55. The highest BCUT2D eigenvalue weighted by molar-refractivity contribution is 14.0. The molecule has 1 saturated heterocycles. The van der Waals surface area contributed by atoms with Crippen molar-refractivity contribution in [3.05, 3.63) is 35.4 Å². The van der Waals surface area contributed by atoms with Gasteiger partial charge in [-0.3, -0.25) is 0 Å². The van der Waals surface area contributed by atoms with E-state index in [9.17, 15) is 8.42 Å². The van der Waals surface area contributed by atoms with Crippen molar-refractivity contribution in [1.29, 1.82) is 0 Å². The number of sulfonamides is 1. The molecule has 1 aliphatic rings. The van der Waals surface area contributed by atoms with E-state index >= 15 is 0 Å². The van der Waals surface area contributed by atoms with Crippen molar-refractivity contribution in [2.75, 3.05) is 26.7 Å². The van der Waals surface area contributed by atoms with Crippen molar-refractivity contribution < 1.29 is 8.42 Å². The molecule has 0 spiro atoms. The molecule has 0 bridgehead atoms. The summed E-state index contributed by atoms with van der Waals surface area (Å²) in [4.78, 5) is 7.10. The van der Waals surface area contributed by atoms with Gasteiger partial charge in [-0.15, -0.1) is 24.0 Å². The second-order valence-corrected chi connectivity index (χ2v) is 8.57. The molecule has 8 heteroatoms. The fourth-order valence-corrected chi connectivity index (χ4v) is 3.78. The van der Waals surface area contributed by atoms with Gasteiger partial charge in [0.05, 0.1) is 12.3 Å². The Hall–Kier alpha value is -0.870. The number of nitrogens with zero attached hydrogens (tertiary/aromatic N) is 2. The number of piperidine rings is 1. The van der Waals surface area contributed by atoms with Crippen LogP contribution in [0.15, 0.2) is 29.3 Å². The highest BCUT2D eigenvalue weighted by Crippen LogP contribution is 2.16. The van der Waals surface area contributed by atoms with Gasteiger partial charge in [0, 0.05) is 19.6 Å². The maximum atomic E-state index is 11.6. The van der Waals surface area contributed by atoms with Gasteiger partial charge in [-0.25, -0.2) is 18.1 Å². The Kier molecular flexibility index (Phi) is 9.88. The first kappa shape index (κ1) is 23.2. The molecule has 0 saturated carbocycles. The summed E-state index contributed by atoms with van der Waals surface area (Å²) in [6, 6.07) is 7.62. The summed E-state index contributed by atoms with van der Waals surface area (Å²) < 4.78 is 25.5. The minimum atomic E-state index is -3.23. The average molecular weight is 494 g/mol. The van der Waals surface area contributed by atoms with Gasteiger partial charge >= 0.3 is 0 Å². The molecular formula is C18H31IN4O2S. The SMILES string of the molecule is CCNC(=NCc1ccc(CS(=O)(=O)NC)cc1)N1CCCC(C)C1.I. The first-order chi connectivity index (χ1) is 11.9. The Balaban J connectivity index is 0.00000338. The molecule has 1 atom stereocenters. The second kappa shape index (κ2) is 11.1. The predicted molar refractivity (Wildman–Crippen MR) is 118 cm³/mol. The van der Waals surface area contributed by atoms with Gasteiger partial charge in [0.15, 0.2) is 5.96 Å². The van der Waals surface area contributed by atoms with E-state index in [-0.39, 0.29) is 29.7 Å². The maximum absolute atomic E-state index is 11.6. The summed E-state index contributed by atoms with van der Waals surface area (Å²) >= 11 is 0. The Bertz CT molecular complexity index is 677. The lowest BCUT2D eigenvalue weighted by Crippen LogP contribution is -2.46. The second-order valence-electron chi connectivity index (χ2n) is 6.64. The molecule has 1 aromatic rings. The third kappa shape index (κ3) is 7.40. The molecule has 0 radical (unpaired) electrons. The van der Waals surface area contributed by atoms with Crippen molar-refractivity contribution in [2.45, 2.75) is 39.0 Å². The van der Waals surface area contributed by atoms with Gasteiger partial charge in [0.25, 0.3) is 0 Å². The largest absolute Gasteiger partial charge is 0.357 e. The Morgan fingerprint density at radius 1 is 1.27 bits per heavy atom. The number of halogens is 1. The molecule has 2 rings (SSSR count). The summed E-state index contributed by atoms with van der Waals surface area (Å²) in [5, 5.41) is 3.38. The van der Waals surface area contributed by atoms with E-state index in [0.717, 1.165) is 36.7 Å². The van der Waals surface area contributed by atoms with Crippen LogP contribution >= 0.6 is 24.0 Å².